The molecule has 0 radical (unpaired) electrons. The monoisotopic (exact) mass is 264 g/mol. The van der Waals surface area contributed by atoms with E-state index in [2.05, 4.69) is 4.90 Å². The van der Waals surface area contributed by atoms with Crippen molar-refractivity contribution in [3.63, 3.8) is 0 Å². The highest BCUT2D eigenvalue weighted by molar-refractivity contribution is 6.03. The molecule has 1 amide bonds. The summed E-state index contributed by atoms with van der Waals surface area (Å²) in [7, 11) is 1.67. The van der Waals surface area contributed by atoms with Crippen molar-refractivity contribution in [1.29, 1.82) is 0 Å². The van der Waals surface area contributed by atoms with Gasteiger partial charge in [-0.3, -0.25) is 4.79 Å². The number of nitrogens with zero attached hydrogens (tertiary/aromatic N) is 2. The maximum absolute atomic E-state index is 11.7. The van der Waals surface area contributed by atoms with Crippen molar-refractivity contribution in [2.75, 3.05) is 36.5 Å². The van der Waals surface area contributed by atoms with E-state index in [1.807, 2.05) is 19.1 Å². The Morgan fingerprint density at radius 2 is 2.16 bits per heavy atom. The lowest BCUT2D eigenvalue weighted by molar-refractivity contribution is -0.125. The van der Waals surface area contributed by atoms with Gasteiger partial charge in [0.1, 0.15) is 0 Å². The largest absolute Gasteiger partial charge is 0.396 e. The van der Waals surface area contributed by atoms with Crippen molar-refractivity contribution >= 4 is 17.3 Å². The van der Waals surface area contributed by atoms with Gasteiger partial charge in [-0.2, -0.15) is 0 Å². The van der Waals surface area contributed by atoms with Crippen LogP contribution in [0.2, 0.25) is 0 Å². The Hall–Kier alpha value is -1.59. The fourth-order valence-corrected chi connectivity index (χ4v) is 2.42. The minimum Gasteiger partial charge on any atom is -0.396 e. The van der Waals surface area contributed by atoms with Crippen LogP contribution < -0.4 is 9.80 Å². The predicted molar refractivity (Wildman–Crippen MR) is 74.4 cm³/mol. The van der Waals surface area contributed by atoms with E-state index in [4.69, 9.17) is 5.11 Å². The van der Waals surface area contributed by atoms with Gasteiger partial charge in [-0.15, -0.1) is 0 Å². The van der Waals surface area contributed by atoms with Gasteiger partial charge in [0.25, 0.3) is 5.91 Å². The molecule has 1 heterocycles. The minimum atomic E-state index is -1.04. The summed E-state index contributed by atoms with van der Waals surface area (Å²) in [6.07, 6.45) is -0.330. The van der Waals surface area contributed by atoms with Crippen molar-refractivity contribution in [1.82, 2.24) is 0 Å². The van der Waals surface area contributed by atoms with Crippen LogP contribution in [0.5, 0.6) is 0 Å². The van der Waals surface area contributed by atoms with Gasteiger partial charge in [-0.25, -0.2) is 0 Å². The second-order valence-corrected chi connectivity index (χ2v) is 4.70. The molecule has 1 atom stereocenters. The van der Waals surface area contributed by atoms with Gasteiger partial charge < -0.3 is 20.0 Å². The molecule has 0 saturated heterocycles. The van der Waals surface area contributed by atoms with Crippen LogP contribution in [-0.2, 0) is 4.79 Å². The van der Waals surface area contributed by atoms with Crippen LogP contribution in [-0.4, -0.2) is 42.9 Å². The molecular formula is C14H20N2O3. The lowest BCUT2D eigenvalue weighted by Gasteiger charge is -2.24. The zero-order chi connectivity index (χ0) is 14.0. The van der Waals surface area contributed by atoms with Crippen LogP contribution in [0.4, 0.5) is 11.4 Å². The van der Waals surface area contributed by atoms with Gasteiger partial charge in [0, 0.05) is 38.0 Å². The molecule has 0 aliphatic carbocycles. The molecule has 0 aromatic heterocycles. The van der Waals surface area contributed by atoms with E-state index >= 15 is 0 Å². The number of carbonyl (C=O) groups is 1. The summed E-state index contributed by atoms with van der Waals surface area (Å²) < 4.78 is 0. The summed E-state index contributed by atoms with van der Waals surface area (Å²) in [5, 5.41) is 18.7. The van der Waals surface area contributed by atoms with Gasteiger partial charge >= 0.3 is 0 Å². The van der Waals surface area contributed by atoms with Crippen molar-refractivity contribution in [2.45, 2.75) is 19.4 Å². The number of benzene rings is 1. The van der Waals surface area contributed by atoms with Gasteiger partial charge in [0.15, 0.2) is 6.10 Å². The molecule has 1 unspecified atom stereocenters. The molecule has 19 heavy (non-hydrogen) atoms. The molecule has 1 aliphatic heterocycles. The van der Waals surface area contributed by atoms with Crippen molar-refractivity contribution in [3.8, 4) is 0 Å². The second-order valence-electron chi connectivity index (χ2n) is 4.70. The predicted octanol–water partition coefficient (Wildman–Crippen LogP) is 0.905. The van der Waals surface area contributed by atoms with E-state index < -0.39 is 6.10 Å². The summed E-state index contributed by atoms with van der Waals surface area (Å²) in [5.74, 6) is -0.287. The Balaban J connectivity index is 2.29. The highest BCUT2D eigenvalue weighted by Gasteiger charge is 2.33. The molecule has 1 aliphatic rings. The molecule has 1 aromatic rings. The number of anilines is 2. The first-order chi connectivity index (χ1) is 9.10. The first-order valence-electron chi connectivity index (χ1n) is 6.55. The maximum atomic E-state index is 11.7. The highest BCUT2D eigenvalue weighted by atomic mass is 16.3. The molecule has 0 spiro atoms. The zero-order valence-electron chi connectivity index (χ0n) is 11.3. The second kappa shape index (κ2) is 5.59. The molecule has 2 rings (SSSR count). The van der Waals surface area contributed by atoms with Gasteiger partial charge in [-0.05, 0) is 25.5 Å². The van der Waals surface area contributed by atoms with Crippen molar-refractivity contribution in [3.05, 3.63) is 23.8 Å². The number of hydrogen-bond donors (Lipinski definition) is 2. The summed E-state index contributed by atoms with van der Waals surface area (Å²) in [6, 6.07) is 5.64. The third kappa shape index (κ3) is 2.43. The highest BCUT2D eigenvalue weighted by Crippen LogP contribution is 2.37. The number of aliphatic hydroxyl groups excluding tert-OH is 2. The number of fused-ring (bicyclic) bond motifs is 1. The van der Waals surface area contributed by atoms with E-state index in [0.29, 0.717) is 12.0 Å². The van der Waals surface area contributed by atoms with E-state index in [0.717, 1.165) is 24.5 Å². The van der Waals surface area contributed by atoms with Crippen molar-refractivity contribution < 1.29 is 15.0 Å². The quantitative estimate of drug-likeness (QED) is 0.829. The molecule has 0 saturated carbocycles. The summed E-state index contributed by atoms with van der Waals surface area (Å²) in [5.41, 5.74) is 2.43. The first kappa shape index (κ1) is 13.8. The molecular weight excluding hydrogens is 244 g/mol. The van der Waals surface area contributed by atoms with Crippen molar-refractivity contribution in [2.24, 2.45) is 0 Å². The Labute approximate surface area is 113 Å². The van der Waals surface area contributed by atoms with Crippen LogP contribution >= 0.6 is 0 Å². The summed E-state index contributed by atoms with van der Waals surface area (Å²) >= 11 is 0. The molecule has 5 nitrogen and oxygen atoms in total. The zero-order valence-corrected chi connectivity index (χ0v) is 11.3. The molecule has 0 bridgehead atoms. The number of amides is 1. The Kier molecular flexibility index (Phi) is 4.07. The smallest absolute Gasteiger partial charge is 0.260 e. The minimum absolute atomic E-state index is 0.165. The standard InChI is InChI=1S/C14H20N2O3/c1-3-16(7-4-8-17)10-5-6-11-12(9-10)15(2)14(19)13(11)18/h5-6,9,13,17-18H,3-4,7-8H2,1-2H3. The number of carbonyl (C=O) groups excluding carboxylic acids is 1. The third-order valence-electron chi connectivity index (χ3n) is 3.57. The average molecular weight is 264 g/mol. The Bertz CT molecular complexity index is 476. The molecule has 104 valence electrons. The number of aliphatic hydroxyl groups is 2. The van der Waals surface area contributed by atoms with Crippen LogP contribution in [0.25, 0.3) is 0 Å². The number of hydrogen-bond acceptors (Lipinski definition) is 4. The van der Waals surface area contributed by atoms with Crippen LogP contribution in [0.15, 0.2) is 18.2 Å². The first-order valence-corrected chi connectivity index (χ1v) is 6.55. The number of rotatable bonds is 5. The topological polar surface area (TPSA) is 64.0 Å². The SMILES string of the molecule is CCN(CCCO)c1ccc2c(c1)N(C)C(=O)C2O. The van der Waals surface area contributed by atoms with Gasteiger partial charge in [0.05, 0.1) is 5.69 Å². The fourth-order valence-electron chi connectivity index (χ4n) is 2.42. The van der Waals surface area contributed by atoms with E-state index in [9.17, 15) is 9.90 Å². The Morgan fingerprint density at radius 1 is 1.42 bits per heavy atom. The normalized spacial score (nSPS) is 17.8. The molecule has 2 N–H and O–H groups in total. The lowest BCUT2D eigenvalue weighted by Crippen LogP contribution is -2.25. The Morgan fingerprint density at radius 3 is 2.79 bits per heavy atom. The maximum Gasteiger partial charge on any atom is 0.260 e. The van der Waals surface area contributed by atoms with E-state index in [1.165, 1.54) is 4.90 Å². The molecule has 0 fully saturated rings. The third-order valence-corrected chi connectivity index (χ3v) is 3.57. The van der Waals surface area contributed by atoms with Crippen LogP contribution in [0.3, 0.4) is 0 Å². The van der Waals surface area contributed by atoms with Crippen LogP contribution in [0, 0.1) is 0 Å². The molecule has 1 aromatic carbocycles. The van der Waals surface area contributed by atoms with E-state index in [1.54, 1.807) is 13.1 Å². The molecule has 5 heteroatoms. The number of likely N-dealkylation sites (N-methyl/N-ethyl adjacent to an activating group) is 1. The van der Waals surface area contributed by atoms with Gasteiger partial charge in [0.2, 0.25) is 0 Å². The lowest BCUT2D eigenvalue weighted by atomic mass is 10.1. The van der Waals surface area contributed by atoms with E-state index in [-0.39, 0.29) is 12.5 Å². The fraction of sp³-hybridized carbons (Fsp3) is 0.500. The summed E-state index contributed by atoms with van der Waals surface area (Å²) in [6.45, 7) is 3.82. The summed E-state index contributed by atoms with van der Waals surface area (Å²) in [4.78, 5) is 15.3. The average Bonchev–Trinajstić information content (AvgIpc) is 2.65. The van der Waals surface area contributed by atoms with Crippen LogP contribution in [0.1, 0.15) is 25.0 Å². The van der Waals surface area contributed by atoms with Gasteiger partial charge in [-0.1, -0.05) is 6.07 Å².